The number of halogens is 1. The zero-order valence-electron chi connectivity index (χ0n) is 14.7. The van der Waals surface area contributed by atoms with Gasteiger partial charge in [0.25, 0.3) is 0 Å². The minimum Gasteiger partial charge on any atom is -0.505 e. The normalized spacial score (nSPS) is 17.5. The summed E-state index contributed by atoms with van der Waals surface area (Å²) in [6, 6.07) is 0. The van der Waals surface area contributed by atoms with Gasteiger partial charge in [-0.15, -0.1) is 0 Å². The third-order valence-corrected chi connectivity index (χ3v) is 5.08. The fraction of sp³-hybridized carbons (Fsp3) is 0.444. The molecule has 2 aliphatic rings. The predicted octanol–water partition coefficient (Wildman–Crippen LogP) is 0.817. The van der Waals surface area contributed by atoms with Gasteiger partial charge < -0.3 is 25.0 Å². The molecule has 0 spiro atoms. The first-order valence-electron chi connectivity index (χ1n) is 8.65. The van der Waals surface area contributed by atoms with Crippen LogP contribution >= 0.6 is 11.6 Å². The lowest BCUT2D eigenvalue weighted by Crippen LogP contribution is -2.47. The summed E-state index contributed by atoms with van der Waals surface area (Å²) < 4.78 is 5.26. The van der Waals surface area contributed by atoms with Gasteiger partial charge in [-0.2, -0.15) is 0 Å². The number of phenolic OH excluding ortho intramolecular Hbond substituents is 2. The van der Waals surface area contributed by atoms with E-state index in [0.717, 1.165) is 12.2 Å². The van der Waals surface area contributed by atoms with Crippen LogP contribution in [0.5, 0.6) is 11.5 Å². The van der Waals surface area contributed by atoms with Crippen LogP contribution < -0.4 is 4.90 Å². The highest BCUT2D eigenvalue weighted by molar-refractivity contribution is 6.37. The zero-order valence-corrected chi connectivity index (χ0v) is 15.4. The molecule has 146 valence electrons. The fourth-order valence-electron chi connectivity index (χ4n) is 3.32. The first kappa shape index (κ1) is 19.6. The average Bonchev–Trinajstić information content (AvgIpc) is 2.66. The fourth-order valence-corrected chi connectivity index (χ4v) is 3.63. The van der Waals surface area contributed by atoms with E-state index in [9.17, 15) is 19.8 Å². The number of ketones is 2. The Labute approximate surface area is 161 Å². The topological polar surface area (TPSA) is 111 Å². The maximum atomic E-state index is 12.2. The molecule has 1 aromatic carbocycles. The third-order valence-electron chi connectivity index (χ3n) is 4.72. The van der Waals surface area contributed by atoms with Gasteiger partial charge in [0.2, 0.25) is 0 Å². The maximum absolute atomic E-state index is 12.2. The van der Waals surface area contributed by atoms with Crippen LogP contribution in [-0.2, 0) is 4.74 Å². The first-order valence-corrected chi connectivity index (χ1v) is 9.03. The highest BCUT2D eigenvalue weighted by atomic mass is 35.5. The number of nitrogens with zero attached hydrogens (tertiary/aromatic N) is 2. The number of piperazine rings is 1. The van der Waals surface area contributed by atoms with Gasteiger partial charge in [-0.3, -0.25) is 14.5 Å². The largest absolute Gasteiger partial charge is 0.505 e. The summed E-state index contributed by atoms with van der Waals surface area (Å²) in [5.74, 6) is -1.98. The summed E-state index contributed by atoms with van der Waals surface area (Å²) in [6.07, 6.45) is 2.13. The van der Waals surface area contributed by atoms with Crippen LogP contribution in [0.4, 0.5) is 5.69 Å². The number of fused-ring (bicyclic) bond motifs is 1. The quantitative estimate of drug-likeness (QED) is 0.479. The number of hydrogen-bond acceptors (Lipinski definition) is 8. The highest BCUT2D eigenvalue weighted by Crippen LogP contribution is 2.48. The molecular formula is C18H21ClN2O6. The summed E-state index contributed by atoms with van der Waals surface area (Å²) in [5.41, 5.74) is -0.298. The summed E-state index contributed by atoms with van der Waals surface area (Å²) in [5, 5.41) is 29.6. The second-order valence-electron chi connectivity index (χ2n) is 6.34. The number of carbonyl (C=O) groups is 2. The van der Waals surface area contributed by atoms with Crippen molar-refractivity contribution >= 4 is 28.9 Å². The molecule has 0 aromatic heterocycles. The van der Waals surface area contributed by atoms with Crippen LogP contribution in [0.15, 0.2) is 12.2 Å². The number of benzene rings is 1. The number of aliphatic hydroxyl groups is 1. The molecule has 9 heteroatoms. The molecule has 8 nitrogen and oxygen atoms in total. The molecule has 1 aromatic rings. The maximum Gasteiger partial charge on any atom is 0.190 e. The summed E-state index contributed by atoms with van der Waals surface area (Å²) in [7, 11) is 0. The minimum absolute atomic E-state index is 0.0101. The van der Waals surface area contributed by atoms with Crippen molar-refractivity contribution in [2.75, 3.05) is 57.4 Å². The molecule has 27 heavy (non-hydrogen) atoms. The van der Waals surface area contributed by atoms with E-state index in [-0.39, 0.29) is 34.2 Å². The van der Waals surface area contributed by atoms with Crippen molar-refractivity contribution in [3.8, 4) is 11.5 Å². The second-order valence-corrected chi connectivity index (χ2v) is 6.71. The smallest absolute Gasteiger partial charge is 0.190 e. The Kier molecular flexibility index (Phi) is 6.01. The monoisotopic (exact) mass is 396 g/mol. The van der Waals surface area contributed by atoms with Crippen molar-refractivity contribution in [1.29, 1.82) is 0 Å². The number of anilines is 1. The van der Waals surface area contributed by atoms with E-state index in [2.05, 4.69) is 4.90 Å². The van der Waals surface area contributed by atoms with Crippen LogP contribution in [0.2, 0.25) is 5.02 Å². The van der Waals surface area contributed by atoms with Crippen molar-refractivity contribution in [2.24, 2.45) is 0 Å². The Morgan fingerprint density at radius 2 is 1.56 bits per heavy atom. The van der Waals surface area contributed by atoms with Crippen molar-refractivity contribution in [3.63, 3.8) is 0 Å². The number of ether oxygens (including phenoxy) is 1. The molecule has 0 unspecified atom stereocenters. The molecule has 1 fully saturated rings. The minimum atomic E-state index is -0.571. The highest BCUT2D eigenvalue weighted by Gasteiger charge is 2.34. The van der Waals surface area contributed by atoms with E-state index >= 15 is 0 Å². The Hall–Kier alpha value is -2.13. The second kappa shape index (κ2) is 8.26. The molecule has 0 radical (unpaired) electrons. The SMILES string of the molecule is O=C1C=CC(=O)c2c(O)c(N3CCN(CCOCCO)CC3)c(Cl)c(O)c21. The van der Waals surface area contributed by atoms with Crippen LogP contribution in [0, 0.1) is 0 Å². The van der Waals surface area contributed by atoms with E-state index < -0.39 is 17.3 Å². The van der Waals surface area contributed by atoms with E-state index in [4.69, 9.17) is 21.4 Å². The van der Waals surface area contributed by atoms with Crippen molar-refractivity contribution in [2.45, 2.75) is 0 Å². The molecule has 1 aliphatic heterocycles. The molecular weight excluding hydrogens is 376 g/mol. The number of allylic oxidation sites excluding steroid dienone is 2. The molecule has 0 saturated carbocycles. The van der Waals surface area contributed by atoms with Crippen molar-refractivity contribution in [1.82, 2.24) is 4.90 Å². The number of carbonyl (C=O) groups excluding carboxylic acids is 2. The van der Waals surface area contributed by atoms with Crippen LogP contribution in [0.25, 0.3) is 0 Å². The van der Waals surface area contributed by atoms with E-state index in [1.165, 1.54) is 0 Å². The van der Waals surface area contributed by atoms with Gasteiger partial charge in [0.15, 0.2) is 17.3 Å². The van der Waals surface area contributed by atoms with E-state index in [0.29, 0.717) is 45.9 Å². The van der Waals surface area contributed by atoms with Gasteiger partial charge in [0, 0.05) is 32.7 Å². The molecule has 0 bridgehead atoms. The molecule has 1 aliphatic carbocycles. The number of phenols is 2. The lowest BCUT2D eigenvalue weighted by atomic mass is 9.91. The Balaban J connectivity index is 1.79. The van der Waals surface area contributed by atoms with Crippen LogP contribution in [-0.4, -0.2) is 84.3 Å². The number of aliphatic hydroxyl groups excluding tert-OH is 1. The van der Waals surface area contributed by atoms with Gasteiger partial charge in [-0.1, -0.05) is 11.6 Å². The lowest BCUT2D eigenvalue weighted by molar-refractivity contribution is 0.0724. The van der Waals surface area contributed by atoms with Crippen LogP contribution in [0.3, 0.4) is 0 Å². The molecule has 0 amide bonds. The first-order chi connectivity index (χ1) is 13.0. The van der Waals surface area contributed by atoms with Gasteiger partial charge in [0.1, 0.15) is 16.5 Å². The molecule has 3 rings (SSSR count). The third kappa shape index (κ3) is 3.79. The van der Waals surface area contributed by atoms with Gasteiger partial charge in [-0.25, -0.2) is 0 Å². The predicted molar refractivity (Wildman–Crippen MR) is 99.1 cm³/mol. The molecule has 1 saturated heterocycles. The van der Waals surface area contributed by atoms with E-state index in [1.807, 2.05) is 0 Å². The standard InChI is InChI=1S/C18H21ClN2O6/c19-15-16(21-5-3-20(4-6-21)7-9-27-10-8-22)18(26)14-12(24)2-1-11(23)13(14)17(15)25/h1-2,22,25-26H,3-10H2. The van der Waals surface area contributed by atoms with Crippen molar-refractivity contribution < 1.29 is 29.6 Å². The van der Waals surface area contributed by atoms with Gasteiger partial charge in [-0.05, 0) is 12.2 Å². The molecule has 1 heterocycles. The molecule has 0 atom stereocenters. The van der Waals surface area contributed by atoms with E-state index in [1.54, 1.807) is 4.90 Å². The Morgan fingerprint density at radius 3 is 2.15 bits per heavy atom. The zero-order chi connectivity index (χ0) is 19.6. The average molecular weight is 397 g/mol. The summed E-state index contributed by atoms with van der Waals surface area (Å²) >= 11 is 6.24. The number of aromatic hydroxyl groups is 2. The van der Waals surface area contributed by atoms with Crippen LogP contribution in [0.1, 0.15) is 20.7 Å². The lowest BCUT2D eigenvalue weighted by Gasteiger charge is -2.37. The number of rotatable bonds is 6. The summed E-state index contributed by atoms with van der Waals surface area (Å²) in [6.45, 7) is 3.89. The Morgan fingerprint density at radius 1 is 0.963 bits per heavy atom. The Bertz CT molecular complexity index is 787. The van der Waals surface area contributed by atoms with Gasteiger partial charge in [0.05, 0.1) is 30.9 Å². The van der Waals surface area contributed by atoms with Gasteiger partial charge >= 0.3 is 0 Å². The molecule has 3 N–H and O–H groups in total. The summed E-state index contributed by atoms with van der Waals surface area (Å²) in [4.78, 5) is 28.1. The van der Waals surface area contributed by atoms with Crippen molar-refractivity contribution in [3.05, 3.63) is 28.3 Å². The number of hydrogen-bond donors (Lipinski definition) is 3.